The second kappa shape index (κ2) is 19.7. The molecule has 0 spiro atoms. The van der Waals surface area contributed by atoms with Crippen molar-refractivity contribution >= 4 is 58.0 Å². The maximum atomic E-state index is 13.3. The summed E-state index contributed by atoms with van der Waals surface area (Å²) in [4.78, 5) is 72.7. The van der Waals surface area contributed by atoms with Crippen molar-refractivity contribution in [3.05, 3.63) is 37.4 Å². The lowest BCUT2D eigenvalue weighted by molar-refractivity contribution is -0.140. The normalized spacial score (nSPS) is 17.1. The maximum Gasteiger partial charge on any atom is 0.427 e. The van der Waals surface area contributed by atoms with Gasteiger partial charge >= 0.3 is 24.5 Å². The Kier molecular flexibility index (Phi) is 14.3. The number of ether oxygens (including phenoxy) is 4. The highest BCUT2D eigenvalue weighted by Crippen LogP contribution is 2.33. The summed E-state index contributed by atoms with van der Waals surface area (Å²) < 4.78 is 102. The van der Waals surface area contributed by atoms with Crippen LogP contribution in [0.1, 0.15) is 55.4 Å². The number of aromatic nitrogens is 12. The largest absolute Gasteiger partial charge is 0.443 e. The summed E-state index contributed by atoms with van der Waals surface area (Å²) in [7, 11) is 0. The van der Waals surface area contributed by atoms with Crippen LogP contribution in [0.4, 0.5) is 59.5 Å². The van der Waals surface area contributed by atoms with Crippen LogP contribution in [0.25, 0.3) is 45.1 Å². The third-order valence-electron chi connectivity index (χ3n) is 10.0. The lowest BCUT2D eigenvalue weighted by Gasteiger charge is -2.34. The van der Waals surface area contributed by atoms with E-state index in [1.807, 2.05) is 23.6 Å². The highest BCUT2D eigenvalue weighted by molar-refractivity contribution is 6.08. The van der Waals surface area contributed by atoms with Crippen molar-refractivity contribution in [1.29, 1.82) is 0 Å². The van der Waals surface area contributed by atoms with E-state index in [9.17, 15) is 35.9 Å². The molecule has 2 aliphatic heterocycles. The van der Waals surface area contributed by atoms with Gasteiger partial charge in [0.15, 0.2) is 45.6 Å². The third-order valence-corrected chi connectivity index (χ3v) is 10.0. The molecule has 2 atom stereocenters. The van der Waals surface area contributed by atoms with Gasteiger partial charge < -0.3 is 43.6 Å². The molecule has 70 heavy (non-hydrogen) atoms. The van der Waals surface area contributed by atoms with Gasteiger partial charge in [0.1, 0.15) is 24.3 Å². The molecule has 0 aliphatic carbocycles. The number of hydrogen-bond donors (Lipinski definition) is 1. The van der Waals surface area contributed by atoms with E-state index < -0.39 is 48.8 Å². The molecule has 0 radical (unpaired) electrons. The molecule has 2 saturated heterocycles. The molecule has 8 heterocycles. The Hall–Kier alpha value is -7.10. The molecule has 0 bridgehead atoms. The number of halogens is 6. The van der Waals surface area contributed by atoms with Gasteiger partial charge in [-0.1, -0.05) is 0 Å². The van der Waals surface area contributed by atoms with Crippen LogP contribution in [0.2, 0.25) is 0 Å². The number of hydrogen-bond acceptors (Lipinski definition) is 19. The number of nitrogens with two attached hydrogens (primary N) is 1. The monoisotopic (exact) mass is 988 g/mol. The van der Waals surface area contributed by atoms with Crippen LogP contribution in [-0.4, -0.2) is 146 Å². The van der Waals surface area contributed by atoms with Gasteiger partial charge in [-0.2, -0.15) is 26.3 Å². The lowest BCUT2D eigenvalue weighted by atomic mass is 10.2. The Morgan fingerprint density at radius 2 is 1.03 bits per heavy atom. The van der Waals surface area contributed by atoms with Gasteiger partial charge in [0.05, 0.1) is 62.3 Å². The Balaban J connectivity index is 0.000000223. The molecule has 2 N–H and O–H groups in total. The van der Waals surface area contributed by atoms with E-state index in [1.54, 1.807) is 41.5 Å². The standard InChI is InChI=1S/C26H33F3N8O5.C16H17F3N8O/c1-15-12-40-9-8-36(15)20-17-19(35(14-32-17)13-26(27,28)29)33-18(34-20)16-10-30-21(31-11-16)37(22(38)41-24(2,3)4)23(39)42-25(5,6)7;1-9-6-28-3-2-27(9)14-11-13(26(8-23-11)7-16(17,18)19)24-12(25-14)10-4-21-15(20)22-5-10/h10-11,14-15H,8-9,12-13H2,1-7H3;4-5,8-9H,2-3,6-7H2,1H3,(H2,20,21,22)/t15-;9-/m00/s1. The molecule has 6 aromatic heterocycles. The first kappa shape index (κ1) is 50.8. The van der Waals surface area contributed by atoms with Crippen LogP contribution in [0.15, 0.2) is 37.4 Å². The van der Waals surface area contributed by atoms with Crippen LogP contribution in [0.5, 0.6) is 0 Å². The highest BCUT2D eigenvalue weighted by atomic mass is 19.4. The van der Waals surface area contributed by atoms with Crippen molar-refractivity contribution in [2.75, 3.05) is 60.0 Å². The Morgan fingerprint density at radius 3 is 1.39 bits per heavy atom. The number of imidazole rings is 2. The number of morpholine rings is 2. The van der Waals surface area contributed by atoms with E-state index in [-0.39, 0.29) is 58.0 Å². The molecule has 28 heteroatoms. The van der Waals surface area contributed by atoms with E-state index in [0.29, 0.717) is 67.1 Å². The van der Waals surface area contributed by atoms with E-state index in [0.717, 1.165) is 21.8 Å². The fourth-order valence-corrected chi connectivity index (χ4v) is 7.08. The number of carbonyl (C=O) groups is 2. The fourth-order valence-electron chi connectivity index (χ4n) is 7.08. The van der Waals surface area contributed by atoms with E-state index in [4.69, 9.17) is 24.7 Å². The molecule has 22 nitrogen and oxygen atoms in total. The smallest absolute Gasteiger partial charge is 0.427 e. The van der Waals surface area contributed by atoms with Crippen molar-refractivity contribution in [3.63, 3.8) is 0 Å². The number of carbonyl (C=O) groups excluding carboxylic acids is 2. The van der Waals surface area contributed by atoms with Crippen LogP contribution in [0, 0.1) is 0 Å². The first-order chi connectivity index (χ1) is 32.7. The Morgan fingerprint density at radius 1 is 0.643 bits per heavy atom. The van der Waals surface area contributed by atoms with Gasteiger partial charge in [-0.3, -0.25) is 0 Å². The van der Waals surface area contributed by atoms with Gasteiger partial charge in [0, 0.05) is 37.9 Å². The van der Waals surface area contributed by atoms with Gasteiger partial charge in [-0.25, -0.2) is 59.4 Å². The number of amides is 2. The van der Waals surface area contributed by atoms with Crippen molar-refractivity contribution < 1.29 is 54.9 Å². The summed E-state index contributed by atoms with van der Waals surface area (Å²) in [6.45, 7) is 13.9. The lowest BCUT2D eigenvalue weighted by Crippen LogP contribution is -2.44. The first-order valence-electron chi connectivity index (χ1n) is 21.7. The van der Waals surface area contributed by atoms with Crippen LogP contribution in [-0.2, 0) is 32.0 Å². The van der Waals surface area contributed by atoms with Crippen LogP contribution in [0.3, 0.4) is 0 Å². The van der Waals surface area contributed by atoms with Gasteiger partial charge in [-0.15, -0.1) is 4.90 Å². The van der Waals surface area contributed by atoms with Gasteiger partial charge in [0.2, 0.25) is 11.9 Å². The molecule has 8 rings (SSSR count). The third kappa shape index (κ3) is 12.4. The summed E-state index contributed by atoms with van der Waals surface area (Å²) >= 11 is 0. The number of nitrogens with zero attached hydrogens (tertiary/aromatic N) is 15. The summed E-state index contributed by atoms with van der Waals surface area (Å²) in [5, 5.41) is 0. The molecule has 2 amide bonds. The summed E-state index contributed by atoms with van der Waals surface area (Å²) in [5.41, 5.74) is 4.87. The molecule has 376 valence electrons. The number of nitrogen functional groups attached to an aromatic ring is 1. The zero-order valence-electron chi connectivity index (χ0n) is 39.3. The average Bonchev–Trinajstić information content (AvgIpc) is 3.85. The second-order valence-electron chi connectivity index (χ2n) is 18.2. The molecular formula is C42H50F6N16O6. The van der Waals surface area contributed by atoms with Crippen LogP contribution >= 0.6 is 0 Å². The zero-order chi connectivity index (χ0) is 50.9. The maximum absolute atomic E-state index is 13.3. The topological polar surface area (TPSA) is 246 Å². The van der Waals surface area contributed by atoms with E-state index in [1.165, 1.54) is 24.8 Å². The predicted octanol–water partition coefficient (Wildman–Crippen LogP) is 6.40. The highest BCUT2D eigenvalue weighted by Gasteiger charge is 2.36. The van der Waals surface area contributed by atoms with Crippen molar-refractivity contribution in [1.82, 2.24) is 59.0 Å². The van der Waals surface area contributed by atoms with E-state index in [2.05, 4.69) is 49.8 Å². The second-order valence-corrected chi connectivity index (χ2v) is 18.2. The quantitative estimate of drug-likeness (QED) is 0.170. The average molecular weight is 989 g/mol. The molecular weight excluding hydrogens is 939 g/mol. The molecule has 6 aromatic rings. The fraction of sp³-hybridized carbons (Fsp3) is 0.524. The number of alkyl halides is 6. The van der Waals surface area contributed by atoms with Gasteiger partial charge in [-0.05, 0) is 55.4 Å². The number of fused-ring (bicyclic) bond motifs is 2. The van der Waals surface area contributed by atoms with Crippen molar-refractivity contribution in [2.24, 2.45) is 0 Å². The molecule has 0 aromatic carbocycles. The molecule has 0 unspecified atom stereocenters. The number of rotatable bonds is 7. The summed E-state index contributed by atoms with van der Waals surface area (Å²) in [5.74, 6) is 0.743. The van der Waals surface area contributed by atoms with Crippen molar-refractivity contribution in [2.45, 2.75) is 104 Å². The molecule has 0 saturated carbocycles. The summed E-state index contributed by atoms with van der Waals surface area (Å²) in [6.07, 6.45) is -3.46. The Bertz CT molecular complexity index is 2780. The molecule has 2 fully saturated rings. The SMILES string of the molecule is C[C@H]1COCCN1c1nc(-c2cnc(N(C(=O)OC(C)(C)C)C(=O)OC(C)(C)C)nc2)nc2c1ncn2CC(F)(F)F.C[C@H]1COCCN1c1nc(-c2cnc(N)nc2)nc2c1ncn2CC(F)(F)F. The Labute approximate surface area is 395 Å². The summed E-state index contributed by atoms with van der Waals surface area (Å²) in [6, 6.07) is -0.151. The number of imide groups is 1. The minimum atomic E-state index is -4.51. The minimum Gasteiger partial charge on any atom is -0.443 e. The zero-order valence-corrected chi connectivity index (χ0v) is 39.3. The van der Waals surface area contributed by atoms with Gasteiger partial charge in [0.25, 0.3) is 0 Å². The first-order valence-corrected chi connectivity index (χ1v) is 21.7. The van der Waals surface area contributed by atoms with E-state index >= 15 is 0 Å². The van der Waals surface area contributed by atoms with Crippen molar-refractivity contribution in [3.8, 4) is 22.8 Å². The minimum absolute atomic E-state index is 0.0184. The molecule has 2 aliphatic rings. The predicted molar refractivity (Wildman–Crippen MR) is 239 cm³/mol. The number of anilines is 4. The van der Waals surface area contributed by atoms with Crippen LogP contribution < -0.4 is 20.4 Å².